The van der Waals surface area contributed by atoms with Gasteiger partial charge in [-0.25, -0.2) is 4.39 Å². The van der Waals surface area contributed by atoms with Gasteiger partial charge in [0.25, 0.3) is 5.91 Å². The van der Waals surface area contributed by atoms with E-state index in [4.69, 9.17) is 0 Å². The minimum Gasteiger partial charge on any atom is -0.347 e. The van der Waals surface area contributed by atoms with Crippen LogP contribution < -0.4 is 10.6 Å². The average Bonchev–Trinajstić information content (AvgIpc) is 2.96. The second kappa shape index (κ2) is 6.23. The van der Waals surface area contributed by atoms with Gasteiger partial charge in [0.05, 0.1) is 5.56 Å². The van der Waals surface area contributed by atoms with Gasteiger partial charge in [0.1, 0.15) is 5.82 Å². The Morgan fingerprint density at radius 3 is 2.88 bits per heavy atom. The quantitative estimate of drug-likeness (QED) is 0.749. The number of nitrogens with one attached hydrogen (secondary N) is 3. The third kappa shape index (κ3) is 3.25. The summed E-state index contributed by atoms with van der Waals surface area (Å²) in [7, 11) is 0. The van der Waals surface area contributed by atoms with Crippen LogP contribution in [-0.2, 0) is 25.7 Å². The van der Waals surface area contributed by atoms with Crippen LogP contribution in [-0.4, -0.2) is 22.6 Å². The van der Waals surface area contributed by atoms with Crippen LogP contribution in [0.5, 0.6) is 0 Å². The Hall–Kier alpha value is -2.42. The van der Waals surface area contributed by atoms with Crippen LogP contribution in [0.25, 0.3) is 0 Å². The third-order valence-electron chi connectivity index (χ3n) is 3.84. The Balaban J connectivity index is 1.77. The second-order valence-corrected chi connectivity index (χ2v) is 5.44. The zero-order valence-corrected chi connectivity index (χ0v) is 12.4. The zero-order chi connectivity index (χ0) is 17.3. The van der Waals surface area contributed by atoms with Gasteiger partial charge in [-0.2, -0.15) is 18.3 Å². The van der Waals surface area contributed by atoms with Crippen molar-refractivity contribution in [3.05, 3.63) is 52.1 Å². The predicted octanol–water partition coefficient (Wildman–Crippen LogP) is 2.14. The number of benzene rings is 1. The summed E-state index contributed by atoms with van der Waals surface area (Å²) in [5.74, 6) is -1.56. The number of aromatic amines is 1. The van der Waals surface area contributed by atoms with E-state index in [1.165, 1.54) is 0 Å². The van der Waals surface area contributed by atoms with E-state index in [-0.39, 0.29) is 17.8 Å². The lowest BCUT2D eigenvalue weighted by molar-refractivity contribution is -0.138. The Bertz CT molecular complexity index is 769. The van der Waals surface area contributed by atoms with Crippen LogP contribution >= 0.6 is 0 Å². The standard InChI is InChI=1S/C15H14F4N4O/c16-9-2-1-8(11(5-9)15(17,18)19)6-21-14(24)13-10-7-20-4-3-12(10)22-23-13/h1-2,5,20H,3-4,6-7H2,(H,21,24)(H,22,23). The van der Waals surface area contributed by atoms with Crippen LogP contribution in [0.2, 0.25) is 0 Å². The number of amides is 1. The maximum atomic E-state index is 13.1. The summed E-state index contributed by atoms with van der Waals surface area (Å²) in [4.78, 5) is 12.2. The molecule has 0 saturated heterocycles. The van der Waals surface area contributed by atoms with Gasteiger partial charge in [-0.15, -0.1) is 0 Å². The average molecular weight is 342 g/mol. The Labute approximate surface area is 134 Å². The van der Waals surface area contributed by atoms with Crippen molar-refractivity contribution in [1.82, 2.24) is 20.8 Å². The molecule has 3 rings (SSSR count). The number of alkyl halides is 3. The van der Waals surface area contributed by atoms with E-state index in [0.717, 1.165) is 24.4 Å². The van der Waals surface area contributed by atoms with E-state index in [0.29, 0.717) is 24.6 Å². The molecule has 1 amide bonds. The van der Waals surface area contributed by atoms with Crippen molar-refractivity contribution < 1.29 is 22.4 Å². The molecule has 0 saturated carbocycles. The molecule has 0 spiro atoms. The van der Waals surface area contributed by atoms with Gasteiger partial charge < -0.3 is 10.6 Å². The van der Waals surface area contributed by atoms with Crippen molar-refractivity contribution in [2.75, 3.05) is 6.54 Å². The molecule has 2 heterocycles. The van der Waals surface area contributed by atoms with Crippen LogP contribution in [0, 0.1) is 5.82 Å². The van der Waals surface area contributed by atoms with Crippen LogP contribution in [0.3, 0.4) is 0 Å². The summed E-state index contributed by atoms with van der Waals surface area (Å²) < 4.78 is 51.9. The summed E-state index contributed by atoms with van der Waals surface area (Å²) >= 11 is 0. The summed E-state index contributed by atoms with van der Waals surface area (Å²) in [6, 6.07) is 2.36. The lowest BCUT2D eigenvalue weighted by Gasteiger charge is -2.14. The Morgan fingerprint density at radius 2 is 2.12 bits per heavy atom. The molecule has 0 aliphatic carbocycles. The molecule has 0 bridgehead atoms. The van der Waals surface area contributed by atoms with Crippen LogP contribution in [0.1, 0.15) is 32.9 Å². The number of H-pyrrole nitrogens is 1. The number of fused-ring (bicyclic) bond motifs is 1. The normalized spacial score (nSPS) is 14.3. The minimum absolute atomic E-state index is 0.160. The fraction of sp³-hybridized carbons (Fsp3) is 0.333. The molecule has 0 unspecified atom stereocenters. The lowest BCUT2D eigenvalue weighted by Crippen LogP contribution is -2.28. The number of halogens is 4. The zero-order valence-electron chi connectivity index (χ0n) is 12.4. The van der Waals surface area contributed by atoms with E-state index >= 15 is 0 Å². The molecule has 24 heavy (non-hydrogen) atoms. The number of carbonyl (C=O) groups excluding carboxylic acids is 1. The molecule has 5 nitrogen and oxygen atoms in total. The summed E-state index contributed by atoms with van der Waals surface area (Å²) in [5, 5.41) is 12.2. The number of hydrogen-bond acceptors (Lipinski definition) is 3. The predicted molar refractivity (Wildman–Crippen MR) is 76.6 cm³/mol. The minimum atomic E-state index is -4.70. The highest BCUT2D eigenvalue weighted by molar-refractivity contribution is 5.94. The topological polar surface area (TPSA) is 69.8 Å². The highest BCUT2D eigenvalue weighted by atomic mass is 19.4. The number of carbonyl (C=O) groups is 1. The molecule has 1 aromatic heterocycles. The fourth-order valence-corrected chi connectivity index (χ4v) is 2.64. The summed E-state index contributed by atoms with van der Waals surface area (Å²) in [6.45, 7) is 0.864. The number of nitrogens with zero attached hydrogens (tertiary/aromatic N) is 1. The van der Waals surface area contributed by atoms with E-state index < -0.39 is 23.5 Å². The molecular formula is C15H14F4N4O. The van der Waals surface area contributed by atoms with E-state index in [1.54, 1.807) is 0 Å². The van der Waals surface area contributed by atoms with Gasteiger partial charge in [0, 0.05) is 37.3 Å². The van der Waals surface area contributed by atoms with Crippen LogP contribution in [0.15, 0.2) is 18.2 Å². The van der Waals surface area contributed by atoms with E-state index in [1.807, 2.05) is 0 Å². The highest BCUT2D eigenvalue weighted by Crippen LogP contribution is 2.32. The first kappa shape index (κ1) is 16.4. The van der Waals surface area contributed by atoms with Gasteiger partial charge >= 0.3 is 6.18 Å². The molecule has 128 valence electrons. The Morgan fingerprint density at radius 1 is 1.33 bits per heavy atom. The van der Waals surface area contributed by atoms with Gasteiger partial charge in [-0.05, 0) is 17.7 Å². The lowest BCUT2D eigenvalue weighted by atomic mass is 10.1. The SMILES string of the molecule is O=C(NCc1ccc(F)cc1C(F)(F)F)c1n[nH]c2c1CNCC2. The van der Waals surface area contributed by atoms with Gasteiger partial charge in [0.2, 0.25) is 0 Å². The first-order valence-electron chi connectivity index (χ1n) is 7.27. The molecule has 3 N–H and O–H groups in total. The molecule has 1 aliphatic rings. The van der Waals surface area contributed by atoms with Crippen molar-refractivity contribution in [2.24, 2.45) is 0 Å². The first-order valence-corrected chi connectivity index (χ1v) is 7.27. The molecular weight excluding hydrogens is 328 g/mol. The highest BCUT2D eigenvalue weighted by Gasteiger charge is 2.34. The maximum Gasteiger partial charge on any atom is 0.416 e. The smallest absolute Gasteiger partial charge is 0.347 e. The number of aromatic nitrogens is 2. The molecule has 0 atom stereocenters. The molecule has 1 aromatic carbocycles. The third-order valence-corrected chi connectivity index (χ3v) is 3.84. The largest absolute Gasteiger partial charge is 0.416 e. The van der Waals surface area contributed by atoms with Crippen molar-refractivity contribution >= 4 is 5.91 Å². The first-order chi connectivity index (χ1) is 11.4. The van der Waals surface area contributed by atoms with E-state index in [9.17, 15) is 22.4 Å². The van der Waals surface area contributed by atoms with Crippen molar-refractivity contribution in [3.8, 4) is 0 Å². The van der Waals surface area contributed by atoms with Crippen molar-refractivity contribution in [1.29, 1.82) is 0 Å². The maximum absolute atomic E-state index is 13.1. The van der Waals surface area contributed by atoms with E-state index in [2.05, 4.69) is 20.8 Å². The molecule has 2 aromatic rings. The van der Waals surface area contributed by atoms with Crippen molar-refractivity contribution in [3.63, 3.8) is 0 Å². The number of rotatable bonds is 3. The summed E-state index contributed by atoms with van der Waals surface area (Å²) in [5.41, 5.74) is 0.409. The molecule has 0 radical (unpaired) electrons. The fourth-order valence-electron chi connectivity index (χ4n) is 2.64. The summed E-state index contributed by atoms with van der Waals surface area (Å²) in [6.07, 6.45) is -4.00. The van der Waals surface area contributed by atoms with Gasteiger partial charge in [0.15, 0.2) is 5.69 Å². The molecule has 0 fully saturated rings. The molecule has 9 heteroatoms. The Kier molecular flexibility index (Phi) is 4.27. The molecule has 1 aliphatic heterocycles. The van der Waals surface area contributed by atoms with Gasteiger partial charge in [-0.1, -0.05) is 6.07 Å². The monoisotopic (exact) mass is 342 g/mol. The van der Waals surface area contributed by atoms with Crippen molar-refractivity contribution in [2.45, 2.75) is 25.7 Å². The number of hydrogen-bond donors (Lipinski definition) is 3. The van der Waals surface area contributed by atoms with Gasteiger partial charge in [-0.3, -0.25) is 9.89 Å². The van der Waals surface area contributed by atoms with Crippen LogP contribution in [0.4, 0.5) is 17.6 Å². The second-order valence-electron chi connectivity index (χ2n) is 5.44.